The molecule has 1 saturated carbocycles. The highest BCUT2D eigenvalue weighted by Gasteiger charge is 2.18. The van der Waals surface area contributed by atoms with Crippen LogP contribution in [0.3, 0.4) is 0 Å². The van der Waals surface area contributed by atoms with Gasteiger partial charge in [-0.1, -0.05) is 0 Å². The summed E-state index contributed by atoms with van der Waals surface area (Å²) in [5.74, 6) is 0.0739. The van der Waals surface area contributed by atoms with Crippen molar-refractivity contribution in [3.63, 3.8) is 0 Å². The van der Waals surface area contributed by atoms with Crippen LogP contribution < -0.4 is 5.73 Å². The third-order valence-corrected chi connectivity index (χ3v) is 2.51. The second-order valence-electron chi connectivity index (χ2n) is 4.56. The van der Waals surface area contributed by atoms with Crippen molar-refractivity contribution in [3.05, 3.63) is 0 Å². The summed E-state index contributed by atoms with van der Waals surface area (Å²) in [5, 5.41) is 7.42. The predicted molar refractivity (Wildman–Crippen MR) is 61.8 cm³/mol. The number of aliphatic carboxylic acids is 1. The molecule has 1 rings (SSSR count). The van der Waals surface area contributed by atoms with Crippen molar-refractivity contribution in [3.8, 4) is 0 Å². The first-order valence-electron chi connectivity index (χ1n) is 5.51. The largest absolute Gasteiger partial charge is 0.481 e. The van der Waals surface area contributed by atoms with E-state index in [0.29, 0.717) is 6.04 Å². The topological polar surface area (TPSA) is 66.6 Å². The van der Waals surface area contributed by atoms with Gasteiger partial charge < -0.3 is 15.7 Å². The maximum absolute atomic E-state index is 9.00. The van der Waals surface area contributed by atoms with E-state index in [9.17, 15) is 0 Å². The van der Waals surface area contributed by atoms with Gasteiger partial charge in [0, 0.05) is 19.5 Å². The average molecular weight is 216 g/mol. The fourth-order valence-corrected chi connectivity index (χ4v) is 1.89. The standard InChI is InChI=1S/C9H20N2.C2H4O2/c1-11(2)7-8-3-5-9(10)6-4-8;1-2(3)4/h8-9H,3-7,10H2,1-2H3;1H3,(H,3,4). The third-order valence-electron chi connectivity index (χ3n) is 2.51. The first kappa shape index (κ1) is 14.4. The van der Waals surface area contributed by atoms with Gasteiger partial charge in [0.1, 0.15) is 0 Å². The molecule has 15 heavy (non-hydrogen) atoms. The Morgan fingerprint density at radius 3 is 2.07 bits per heavy atom. The molecule has 0 aliphatic heterocycles. The van der Waals surface area contributed by atoms with Crippen LogP contribution in [0, 0.1) is 5.92 Å². The number of nitrogens with zero attached hydrogens (tertiary/aromatic N) is 1. The highest BCUT2D eigenvalue weighted by Crippen LogP contribution is 2.23. The highest BCUT2D eigenvalue weighted by molar-refractivity contribution is 5.62. The first-order valence-corrected chi connectivity index (χ1v) is 5.51. The summed E-state index contributed by atoms with van der Waals surface area (Å²) in [6, 6.07) is 0.494. The molecular formula is C11H24N2O2. The molecule has 0 aromatic heterocycles. The van der Waals surface area contributed by atoms with Crippen LogP contribution >= 0.6 is 0 Å². The Morgan fingerprint density at radius 2 is 1.73 bits per heavy atom. The molecule has 3 N–H and O–H groups in total. The van der Waals surface area contributed by atoms with Crippen molar-refractivity contribution in [1.82, 2.24) is 4.90 Å². The second kappa shape index (κ2) is 7.65. The van der Waals surface area contributed by atoms with Crippen molar-refractivity contribution in [2.45, 2.75) is 38.6 Å². The van der Waals surface area contributed by atoms with E-state index in [-0.39, 0.29) is 0 Å². The maximum Gasteiger partial charge on any atom is 0.300 e. The van der Waals surface area contributed by atoms with Crippen LogP contribution in [-0.2, 0) is 4.79 Å². The van der Waals surface area contributed by atoms with Crippen LogP contribution in [0.15, 0.2) is 0 Å². The lowest BCUT2D eigenvalue weighted by Gasteiger charge is -2.28. The molecule has 1 aliphatic carbocycles. The maximum atomic E-state index is 9.00. The Bertz CT molecular complexity index is 171. The molecule has 4 nitrogen and oxygen atoms in total. The van der Waals surface area contributed by atoms with E-state index in [1.165, 1.54) is 32.2 Å². The summed E-state index contributed by atoms with van der Waals surface area (Å²) in [6.45, 7) is 2.33. The second-order valence-corrected chi connectivity index (χ2v) is 4.56. The molecule has 0 spiro atoms. The van der Waals surface area contributed by atoms with Gasteiger partial charge in [-0.15, -0.1) is 0 Å². The molecular weight excluding hydrogens is 192 g/mol. The van der Waals surface area contributed by atoms with E-state index in [1.54, 1.807) is 0 Å². The zero-order chi connectivity index (χ0) is 11.8. The fourth-order valence-electron chi connectivity index (χ4n) is 1.89. The SMILES string of the molecule is CC(=O)O.CN(C)CC1CCC(N)CC1. The van der Waals surface area contributed by atoms with Gasteiger partial charge >= 0.3 is 0 Å². The minimum absolute atomic E-state index is 0.494. The van der Waals surface area contributed by atoms with Crippen molar-refractivity contribution in [1.29, 1.82) is 0 Å². The minimum Gasteiger partial charge on any atom is -0.481 e. The number of carboxylic acid groups (broad SMARTS) is 1. The lowest BCUT2D eigenvalue weighted by molar-refractivity contribution is -0.134. The van der Waals surface area contributed by atoms with Crippen molar-refractivity contribution in [2.24, 2.45) is 11.7 Å². The molecule has 0 saturated heterocycles. The molecule has 0 amide bonds. The number of rotatable bonds is 2. The molecule has 90 valence electrons. The molecule has 1 aliphatic rings. The summed E-state index contributed by atoms with van der Waals surface area (Å²) in [5.41, 5.74) is 5.81. The molecule has 4 heteroatoms. The zero-order valence-electron chi connectivity index (χ0n) is 10.1. The summed E-state index contributed by atoms with van der Waals surface area (Å²) in [7, 11) is 4.29. The van der Waals surface area contributed by atoms with Crippen molar-refractivity contribution < 1.29 is 9.90 Å². The minimum atomic E-state index is -0.833. The first-order chi connectivity index (χ1) is 6.91. The van der Waals surface area contributed by atoms with Gasteiger partial charge in [-0.05, 0) is 45.7 Å². The van der Waals surface area contributed by atoms with Gasteiger partial charge in [-0.2, -0.15) is 0 Å². The number of carboxylic acids is 1. The Labute approximate surface area is 92.4 Å². The summed E-state index contributed by atoms with van der Waals surface area (Å²) < 4.78 is 0. The van der Waals surface area contributed by atoms with E-state index < -0.39 is 5.97 Å². The third kappa shape index (κ3) is 9.69. The molecule has 0 aromatic carbocycles. The van der Waals surface area contributed by atoms with Crippen LogP contribution in [0.2, 0.25) is 0 Å². The molecule has 0 unspecified atom stereocenters. The summed E-state index contributed by atoms with van der Waals surface area (Å²) in [6.07, 6.45) is 5.13. The monoisotopic (exact) mass is 216 g/mol. The lowest BCUT2D eigenvalue weighted by atomic mass is 9.86. The van der Waals surface area contributed by atoms with Gasteiger partial charge in [0.25, 0.3) is 5.97 Å². The number of hydrogen-bond acceptors (Lipinski definition) is 3. The Balaban J connectivity index is 0.000000423. The van der Waals surface area contributed by atoms with Gasteiger partial charge in [0.05, 0.1) is 0 Å². The number of nitrogens with two attached hydrogens (primary N) is 1. The van der Waals surface area contributed by atoms with Crippen LogP contribution in [0.1, 0.15) is 32.6 Å². The molecule has 0 aromatic rings. The van der Waals surface area contributed by atoms with Gasteiger partial charge in [0.2, 0.25) is 0 Å². The van der Waals surface area contributed by atoms with Gasteiger partial charge in [-0.25, -0.2) is 0 Å². The predicted octanol–water partition coefficient (Wildman–Crippen LogP) is 1.16. The van der Waals surface area contributed by atoms with Gasteiger partial charge in [-0.3, -0.25) is 4.79 Å². The quantitative estimate of drug-likeness (QED) is 0.727. The van der Waals surface area contributed by atoms with E-state index >= 15 is 0 Å². The molecule has 0 bridgehead atoms. The average Bonchev–Trinajstić information content (AvgIpc) is 2.07. The summed E-state index contributed by atoms with van der Waals surface area (Å²) in [4.78, 5) is 11.3. The molecule has 0 atom stereocenters. The number of hydrogen-bond donors (Lipinski definition) is 2. The molecule has 1 fully saturated rings. The number of carbonyl (C=O) groups is 1. The van der Waals surface area contributed by atoms with Crippen molar-refractivity contribution in [2.75, 3.05) is 20.6 Å². The van der Waals surface area contributed by atoms with Crippen LogP contribution in [-0.4, -0.2) is 42.7 Å². The Kier molecular flexibility index (Phi) is 7.34. The zero-order valence-corrected chi connectivity index (χ0v) is 10.1. The highest BCUT2D eigenvalue weighted by atomic mass is 16.4. The van der Waals surface area contributed by atoms with Crippen LogP contribution in [0.4, 0.5) is 0 Å². The lowest BCUT2D eigenvalue weighted by Crippen LogP contribution is -2.31. The van der Waals surface area contributed by atoms with E-state index in [2.05, 4.69) is 19.0 Å². The fraction of sp³-hybridized carbons (Fsp3) is 0.909. The Hall–Kier alpha value is -0.610. The normalized spacial score (nSPS) is 25.7. The Morgan fingerprint density at radius 1 is 1.33 bits per heavy atom. The summed E-state index contributed by atoms with van der Waals surface area (Å²) >= 11 is 0. The van der Waals surface area contributed by atoms with E-state index in [4.69, 9.17) is 15.6 Å². The smallest absolute Gasteiger partial charge is 0.300 e. The van der Waals surface area contributed by atoms with Gasteiger partial charge in [0.15, 0.2) is 0 Å². The van der Waals surface area contributed by atoms with Crippen molar-refractivity contribution >= 4 is 5.97 Å². The molecule has 0 radical (unpaired) electrons. The van der Waals surface area contributed by atoms with E-state index in [0.717, 1.165) is 12.8 Å². The molecule has 0 heterocycles. The van der Waals surface area contributed by atoms with Crippen LogP contribution in [0.5, 0.6) is 0 Å². The van der Waals surface area contributed by atoms with Crippen LogP contribution in [0.25, 0.3) is 0 Å². The van der Waals surface area contributed by atoms with E-state index in [1.807, 2.05) is 0 Å².